The van der Waals surface area contributed by atoms with Gasteiger partial charge in [0.15, 0.2) is 0 Å². The second kappa shape index (κ2) is 10.7. The van der Waals surface area contributed by atoms with Crippen molar-refractivity contribution >= 4 is 5.91 Å². The molecule has 0 fully saturated rings. The van der Waals surface area contributed by atoms with Gasteiger partial charge < -0.3 is 4.90 Å². The molecule has 0 unspecified atom stereocenters. The summed E-state index contributed by atoms with van der Waals surface area (Å²) in [6.07, 6.45) is 3.21. The van der Waals surface area contributed by atoms with Crippen molar-refractivity contribution in [3.8, 4) is 0 Å². The molecule has 0 aliphatic rings. The van der Waals surface area contributed by atoms with Crippen molar-refractivity contribution in [2.45, 2.75) is 53.4 Å². The van der Waals surface area contributed by atoms with Crippen LogP contribution in [-0.4, -0.2) is 30.4 Å². The van der Waals surface area contributed by atoms with Gasteiger partial charge in [-0.1, -0.05) is 32.8 Å². The molecule has 19 heavy (non-hydrogen) atoms. The summed E-state index contributed by atoms with van der Waals surface area (Å²) >= 11 is 0. The predicted octanol–water partition coefficient (Wildman–Crippen LogP) is 4.00. The fraction of sp³-hybridized carbons (Fsp3) is 0.929. The summed E-state index contributed by atoms with van der Waals surface area (Å²) in [5.41, 5.74) is 8.19. The van der Waals surface area contributed by atoms with Gasteiger partial charge in [0.05, 0.1) is 0 Å². The van der Waals surface area contributed by atoms with Crippen LogP contribution < -0.4 is 0 Å². The number of carbonyl (C=O) groups excluding carboxylic acids is 1. The van der Waals surface area contributed by atoms with E-state index < -0.39 is 0 Å². The van der Waals surface area contributed by atoms with Crippen LogP contribution >= 0.6 is 0 Å². The van der Waals surface area contributed by atoms with Crippen LogP contribution in [0.1, 0.15) is 53.4 Å². The summed E-state index contributed by atoms with van der Waals surface area (Å²) < 4.78 is 0. The van der Waals surface area contributed by atoms with E-state index in [1.165, 1.54) is 0 Å². The topological polar surface area (TPSA) is 69.1 Å². The molecule has 0 aliphatic heterocycles. The van der Waals surface area contributed by atoms with Crippen molar-refractivity contribution in [1.82, 2.24) is 4.90 Å². The second-order valence-corrected chi connectivity index (χ2v) is 5.80. The zero-order valence-electron chi connectivity index (χ0n) is 12.8. The van der Waals surface area contributed by atoms with E-state index in [9.17, 15) is 4.79 Å². The van der Waals surface area contributed by atoms with Crippen LogP contribution in [0.4, 0.5) is 0 Å². The molecule has 0 rings (SSSR count). The molecular weight excluding hydrogens is 240 g/mol. The monoisotopic (exact) mass is 268 g/mol. The van der Waals surface area contributed by atoms with Crippen molar-refractivity contribution < 1.29 is 4.79 Å². The van der Waals surface area contributed by atoms with Crippen molar-refractivity contribution in [3.05, 3.63) is 10.4 Å². The minimum atomic E-state index is 0.189. The highest BCUT2D eigenvalue weighted by Crippen LogP contribution is 2.09. The third-order valence-electron chi connectivity index (χ3n) is 3.02. The molecule has 0 spiro atoms. The Morgan fingerprint density at radius 3 is 2.11 bits per heavy atom. The zero-order chi connectivity index (χ0) is 14.7. The lowest BCUT2D eigenvalue weighted by Gasteiger charge is -2.24. The highest BCUT2D eigenvalue weighted by molar-refractivity contribution is 5.76. The highest BCUT2D eigenvalue weighted by Gasteiger charge is 2.13. The minimum absolute atomic E-state index is 0.189. The van der Waals surface area contributed by atoms with Crippen LogP contribution in [0.3, 0.4) is 0 Å². The second-order valence-electron chi connectivity index (χ2n) is 5.80. The third kappa shape index (κ3) is 10.4. The first-order chi connectivity index (χ1) is 8.97. The average Bonchev–Trinajstić information content (AvgIpc) is 2.33. The van der Waals surface area contributed by atoms with E-state index in [2.05, 4.69) is 37.7 Å². The first kappa shape index (κ1) is 17.8. The minimum Gasteiger partial charge on any atom is -0.343 e. The van der Waals surface area contributed by atoms with Gasteiger partial charge >= 0.3 is 0 Å². The van der Waals surface area contributed by atoms with Crippen LogP contribution in [-0.2, 0) is 4.79 Å². The van der Waals surface area contributed by atoms with Gasteiger partial charge in [-0.2, -0.15) is 0 Å². The van der Waals surface area contributed by atoms with Gasteiger partial charge in [0, 0.05) is 31.0 Å². The number of azide groups is 1. The van der Waals surface area contributed by atoms with E-state index in [4.69, 9.17) is 5.53 Å². The molecule has 5 heteroatoms. The maximum absolute atomic E-state index is 12.1. The van der Waals surface area contributed by atoms with Gasteiger partial charge in [-0.05, 0) is 36.6 Å². The summed E-state index contributed by atoms with van der Waals surface area (Å²) in [7, 11) is 0. The van der Waals surface area contributed by atoms with Crippen molar-refractivity contribution in [1.29, 1.82) is 0 Å². The molecule has 0 aromatic rings. The maximum atomic E-state index is 12.1. The molecule has 0 atom stereocenters. The molecule has 0 aromatic heterocycles. The lowest BCUT2D eigenvalue weighted by atomic mass is 10.1. The Morgan fingerprint density at radius 1 is 1.16 bits per heavy atom. The molecule has 0 saturated heterocycles. The molecule has 5 nitrogen and oxygen atoms in total. The van der Waals surface area contributed by atoms with Gasteiger partial charge in [-0.15, -0.1) is 0 Å². The molecule has 0 aromatic carbocycles. The van der Waals surface area contributed by atoms with Gasteiger partial charge in [-0.25, -0.2) is 0 Å². The number of nitrogens with zero attached hydrogens (tertiary/aromatic N) is 4. The highest BCUT2D eigenvalue weighted by atomic mass is 16.2. The predicted molar refractivity (Wildman–Crippen MR) is 78.7 cm³/mol. The largest absolute Gasteiger partial charge is 0.343 e. The SMILES string of the molecule is CC(C)CCN(CCC(C)C)C(=O)CCCN=[N+]=[N-]. The summed E-state index contributed by atoms with van der Waals surface area (Å²) in [5, 5.41) is 3.46. The standard InChI is InChI=1S/C14H28N4O/c1-12(2)7-10-18(11-8-13(3)4)14(19)6-5-9-16-17-15/h12-13H,5-11H2,1-4H3. The fourth-order valence-electron chi connectivity index (χ4n) is 1.69. The molecular formula is C14H28N4O. The van der Waals surface area contributed by atoms with Crippen molar-refractivity contribution in [2.24, 2.45) is 17.0 Å². The number of rotatable bonds is 10. The van der Waals surface area contributed by atoms with Crippen LogP contribution in [0, 0.1) is 11.8 Å². The molecule has 0 heterocycles. The van der Waals surface area contributed by atoms with Crippen molar-refractivity contribution in [2.75, 3.05) is 19.6 Å². The van der Waals surface area contributed by atoms with Crippen LogP contribution in [0.5, 0.6) is 0 Å². The fourth-order valence-corrected chi connectivity index (χ4v) is 1.69. The summed E-state index contributed by atoms with van der Waals surface area (Å²) in [6, 6.07) is 0. The van der Waals surface area contributed by atoms with E-state index in [1.807, 2.05) is 4.90 Å². The van der Waals surface area contributed by atoms with Crippen LogP contribution in [0.15, 0.2) is 5.11 Å². The molecule has 0 saturated carbocycles. The number of hydrogen-bond donors (Lipinski definition) is 0. The van der Waals surface area contributed by atoms with Gasteiger partial charge in [0.2, 0.25) is 5.91 Å². The first-order valence-electron chi connectivity index (χ1n) is 7.26. The van der Waals surface area contributed by atoms with Crippen LogP contribution in [0.25, 0.3) is 10.4 Å². The van der Waals surface area contributed by atoms with E-state index in [0.29, 0.717) is 31.2 Å². The van der Waals surface area contributed by atoms with E-state index >= 15 is 0 Å². The first-order valence-corrected chi connectivity index (χ1v) is 7.26. The Morgan fingerprint density at radius 2 is 1.68 bits per heavy atom. The number of carbonyl (C=O) groups is 1. The molecule has 0 radical (unpaired) electrons. The Kier molecular flexibility index (Phi) is 9.99. The van der Waals surface area contributed by atoms with E-state index in [0.717, 1.165) is 25.9 Å². The number of hydrogen-bond acceptors (Lipinski definition) is 2. The molecule has 0 N–H and O–H groups in total. The Bertz CT molecular complexity index is 284. The third-order valence-corrected chi connectivity index (χ3v) is 3.02. The van der Waals surface area contributed by atoms with E-state index in [-0.39, 0.29) is 5.91 Å². The average molecular weight is 268 g/mol. The quantitative estimate of drug-likeness (QED) is 0.255. The van der Waals surface area contributed by atoms with Gasteiger partial charge in [0.25, 0.3) is 0 Å². The summed E-state index contributed by atoms with van der Waals surface area (Å²) in [4.78, 5) is 16.8. The summed E-state index contributed by atoms with van der Waals surface area (Å²) in [6.45, 7) is 10.8. The lowest BCUT2D eigenvalue weighted by Crippen LogP contribution is -2.34. The van der Waals surface area contributed by atoms with Crippen LogP contribution in [0.2, 0.25) is 0 Å². The van der Waals surface area contributed by atoms with Crippen molar-refractivity contribution in [3.63, 3.8) is 0 Å². The molecule has 0 bridgehead atoms. The normalized spacial score (nSPS) is 10.6. The Labute approximate surface area is 117 Å². The Balaban J connectivity index is 4.19. The lowest BCUT2D eigenvalue weighted by molar-refractivity contribution is -0.131. The molecule has 0 aliphatic carbocycles. The van der Waals surface area contributed by atoms with Gasteiger partial charge in [0.1, 0.15) is 0 Å². The maximum Gasteiger partial charge on any atom is 0.222 e. The van der Waals surface area contributed by atoms with Gasteiger partial charge in [-0.3, -0.25) is 4.79 Å². The zero-order valence-corrected chi connectivity index (χ0v) is 12.8. The molecule has 110 valence electrons. The smallest absolute Gasteiger partial charge is 0.222 e. The van der Waals surface area contributed by atoms with E-state index in [1.54, 1.807) is 0 Å². The Hall–Kier alpha value is -1.22. The molecule has 1 amide bonds. The number of amides is 1. The summed E-state index contributed by atoms with van der Waals surface area (Å²) in [5.74, 6) is 1.41.